The first kappa shape index (κ1) is 16.0. The molecule has 1 aromatic rings. The van der Waals surface area contributed by atoms with Crippen molar-refractivity contribution in [1.29, 1.82) is 0 Å². The Morgan fingerprint density at radius 2 is 2.00 bits per heavy atom. The lowest BCUT2D eigenvalue weighted by atomic mass is 9.84. The molecule has 0 aliphatic heterocycles. The molecule has 0 saturated heterocycles. The van der Waals surface area contributed by atoms with Crippen LogP contribution in [0.15, 0.2) is 4.52 Å². The molecule has 5 heteroatoms. The highest BCUT2D eigenvalue weighted by molar-refractivity contribution is 5.25. The Hall–Kier alpha value is -1.10. The molecular formula is C14H28N4O. The van der Waals surface area contributed by atoms with Crippen LogP contribution in [0, 0.1) is 5.41 Å². The van der Waals surface area contributed by atoms with Gasteiger partial charge in [-0.15, -0.1) is 0 Å². The molecule has 1 rings (SSSR count). The average molecular weight is 268 g/mol. The first-order valence-electron chi connectivity index (χ1n) is 7.15. The summed E-state index contributed by atoms with van der Waals surface area (Å²) >= 11 is 0. The molecule has 1 unspecified atom stereocenters. The van der Waals surface area contributed by atoms with Crippen molar-refractivity contribution in [2.24, 2.45) is 5.41 Å². The number of rotatable bonds is 7. The van der Waals surface area contributed by atoms with Crippen LogP contribution in [0.2, 0.25) is 0 Å². The van der Waals surface area contributed by atoms with Gasteiger partial charge in [-0.3, -0.25) is 0 Å². The third-order valence-electron chi connectivity index (χ3n) is 3.34. The first-order chi connectivity index (χ1) is 8.88. The summed E-state index contributed by atoms with van der Waals surface area (Å²) in [6, 6.07) is 0.340. The maximum absolute atomic E-state index is 5.35. The number of hydrogen-bond donors (Lipinski definition) is 1. The van der Waals surface area contributed by atoms with E-state index in [1.807, 2.05) is 11.9 Å². The van der Waals surface area contributed by atoms with Crippen molar-refractivity contribution >= 4 is 5.95 Å². The Morgan fingerprint density at radius 1 is 1.32 bits per heavy atom. The fourth-order valence-corrected chi connectivity index (χ4v) is 1.80. The number of nitrogens with zero attached hydrogens (tertiary/aromatic N) is 3. The lowest BCUT2D eigenvalue weighted by molar-refractivity contribution is 0.244. The Bertz CT molecular complexity index is 370. The summed E-state index contributed by atoms with van der Waals surface area (Å²) in [5.74, 6) is 1.37. The molecule has 0 amide bonds. The van der Waals surface area contributed by atoms with Gasteiger partial charge in [-0.2, -0.15) is 4.98 Å². The van der Waals surface area contributed by atoms with Crippen LogP contribution < -0.4 is 10.2 Å². The summed E-state index contributed by atoms with van der Waals surface area (Å²) in [6.45, 7) is 12.8. The summed E-state index contributed by atoms with van der Waals surface area (Å²) in [6.07, 6.45) is 1.90. The van der Waals surface area contributed by atoms with Gasteiger partial charge in [-0.1, -0.05) is 27.7 Å². The van der Waals surface area contributed by atoms with Crippen LogP contribution in [-0.4, -0.2) is 36.3 Å². The smallest absolute Gasteiger partial charge is 0.265 e. The highest BCUT2D eigenvalue weighted by Gasteiger charge is 2.26. The zero-order valence-corrected chi connectivity index (χ0v) is 13.2. The van der Waals surface area contributed by atoms with Crippen molar-refractivity contribution in [2.45, 2.75) is 53.5 Å². The van der Waals surface area contributed by atoms with Crippen LogP contribution in [0.5, 0.6) is 0 Å². The van der Waals surface area contributed by atoms with Gasteiger partial charge in [-0.05, 0) is 30.5 Å². The molecule has 0 radical (unpaired) electrons. The maximum atomic E-state index is 5.35. The van der Waals surface area contributed by atoms with Crippen molar-refractivity contribution in [3.8, 4) is 0 Å². The number of anilines is 1. The molecule has 0 spiro atoms. The largest absolute Gasteiger partial charge is 0.342 e. The van der Waals surface area contributed by atoms with E-state index in [1.165, 1.54) is 0 Å². The molecule has 1 heterocycles. The number of aromatic nitrogens is 2. The van der Waals surface area contributed by atoms with E-state index in [9.17, 15) is 0 Å². The molecule has 110 valence electrons. The lowest BCUT2D eigenvalue weighted by Gasteiger charge is -2.30. The fourth-order valence-electron chi connectivity index (χ4n) is 1.80. The first-order valence-corrected chi connectivity index (χ1v) is 7.15. The zero-order chi connectivity index (χ0) is 14.5. The summed E-state index contributed by atoms with van der Waals surface area (Å²) < 4.78 is 5.35. The van der Waals surface area contributed by atoms with Crippen LogP contribution in [0.3, 0.4) is 0 Å². The number of hydrogen-bond acceptors (Lipinski definition) is 5. The van der Waals surface area contributed by atoms with Gasteiger partial charge in [0.2, 0.25) is 5.89 Å². The average Bonchev–Trinajstić information content (AvgIpc) is 2.80. The van der Waals surface area contributed by atoms with Gasteiger partial charge in [0.25, 0.3) is 5.95 Å². The predicted molar refractivity (Wildman–Crippen MR) is 78.5 cm³/mol. The lowest BCUT2D eigenvalue weighted by Crippen LogP contribution is -2.42. The van der Waals surface area contributed by atoms with Gasteiger partial charge < -0.3 is 14.7 Å². The molecule has 1 aromatic heterocycles. The Kier molecular flexibility index (Phi) is 5.79. The topological polar surface area (TPSA) is 54.2 Å². The molecule has 1 N–H and O–H groups in total. The minimum absolute atomic E-state index is 0.167. The Labute approximate surface area is 116 Å². The van der Waals surface area contributed by atoms with Gasteiger partial charge >= 0.3 is 0 Å². The highest BCUT2D eigenvalue weighted by Crippen LogP contribution is 2.22. The van der Waals surface area contributed by atoms with Crippen LogP contribution in [0.25, 0.3) is 0 Å². The SMILES string of the molecule is CCCNC(Cc1nc(N(C)CC)no1)C(C)(C)C. The van der Waals surface area contributed by atoms with E-state index in [4.69, 9.17) is 4.52 Å². The minimum Gasteiger partial charge on any atom is -0.342 e. The fraction of sp³-hybridized carbons (Fsp3) is 0.857. The van der Waals surface area contributed by atoms with Crippen molar-refractivity contribution in [1.82, 2.24) is 15.5 Å². The quantitative estimate of drug-likeness (QED) is 0.823. The third-order valence-corrected chi connectivity index (χ3v) is 3.34. The molecule has 0 aliphatic rings. The second-order valence-corrected chi connectivity index (χ2v) is 6.08. The molecule has 0 aliphatic carbocycles. The molecule has 0 aromatic carbocycles. The molecule has 19 heavy (non-hydrogen) atoms. The van der Waals surface area contributed by atoms with Gasteiger partial charge in [0.1, 0.15) is 0 Å². The standard InChI is InChI=1S/C14H28N4O/c1-7-9-15-11(14(3,4)5)10-12-16-13(17-19-12)18(6)8-2/h11,15H,7-10H2,1-6H3. The van der Waals surface area contributed by atoms with E-state index >= 15 is 0 Å². The van der Waals surface area contributed by atoms with Crippen molar-refractivity contribution in [2.75, 3.05) is 25.0 Å². The van der Waals surface area contributed by atoms with E-state index in [2.05, 4.69) is 50.1 Å². The molecule has 0 fully saturated rings. The molecule has 1 atom stereocenters. The highest BCUT2D eigenvalue weighted by atomic mass is 16.5. The van der Waals surface area contributed by atoms with E-state index < -0.39 is 0 Å². The number of nitrogens with one attached hydrogen (secondary N) is 1. The maximum Gasteiger partial charge on any atom is 0.265 e. The molecular weight excluding hydrogens is 240 g/mol. The zero-order valence-electron chi connectivity index (χ0n) is 13.2. The molecule has 0 saturated carbocycles. The Morgan fingerprint density at radius 3 is 2.53 bits per heavy atom. The van der Waals surface area contributed by atoms with Gasteiger partial charge in [0.05, 0.1) is 0 Å². The van der Waals surface area contributed by atoms with Crippen molar-refractivity contribution in [3.63, 3.8) is 0 Å². The van der Waals surface area contributed by atoms with E-state index in [1.54, 1.807) is 0 Å². The predicted octanol–water partition coefficient (Wildman–Crippen LogP) is 2.48. The third kappa shape index (κ3) is 4.82. The molecule has 5 nitrogen and oxygen atoms in total. The minimum atomic E-state index is 0.167. The van der Waals surface area contributed by atoms with Crippen molar-refractivity contribution < 1.29 is 4.52 Å². The summed E-state index contributed by atoms with van der Waals surface area (Å²) in [5, 5.41) is 7.58. The monoisotopic (exact) mass is 268 g/mol. The van der Waals surface area contributed by atoms with Gasteiger partial charge in [0, 0.05) is 26.1 Å². The Balaban J connectivity index is 2.70. The van der Waals surface area contributed by atoms with Crippen molar-refractivity contribution in [3.05, 3.63) is 5.89 Å². The van der Waals surface area contributed by atoms with E-state index in [-0.39, 0.29) is 5.41 Å². The second-order valence-electron chi connectivity index (χ2n) is 6.08. The van der Waals surface area contributed by atoms with Crippen LogP contribution in [-0.2, 0) is 6.42 Å². The van der Waals surface area contributed by atoms with Crippen LogP contribution >= 0.6 is 0 Å². The van der Waals surface area contributed by atoms with Crippen LogP contribution in [0.4, 0.5) is 5.95 Å². The van der Waals surface area contributed by atoms with Crippen LogP contribution in [0.1, 0.15) is 46.9 Å². The van der Waals surface area contributed by atoms with E-state index in [0.29, 0.717) is 17.9 Å². The van der Waals surface area contributed by atoms with Gasteiger partial charge in [-0.25, -0.2) is 0 Å². The van der Waals surface area contributed by atoms with E-state index in [0.717, 1.165) is 25.9 Å². The normalized spacial score (nSPS) is 13.6. The summed E-state index contributed by atoms with van der Waals surface area (Å²) in [4.78, 5) is 6.42. The second kappa shape index (κ2) is 6.89. The summed E-state index contributed by atoms with van der Waals surface area (Å²) in [7, 11) is 1.96. The summed E-state index contributed by atoms with van der Waals surface area (Å²) in [5.41, 5.74) is 0.167. The van der Waals surface area contributed by atoms with Gasteiger partial charge in [0.15, 0.2) is 0 Å². The molecule has 0 bridgehead atoms.